The topological polar surface area (TPSA) is 184 Å². The molecule has 42 heavy (non-hydrogen) atoms. The molecule has 2 fully saturated rings. The predicted octanol–water partition coefficient (Wildman–Crippen LogP) is 2.29. The molecule has 0 aromatic heterocycles. The van der Waals surface area contributed by atoms with Crippen LogP contribution in [0.25, 0.3) is 0 Å². The van der Waals surface area contributed by atoms with E-state index in [1.54, 1.807) is 18.2 Å². The second kappa shape index (κ2) is 9.65. The van der Waals surface area contributed by atoms with Gasteiger partial charge in [0, 0.05) is 34.4 Å². The van der Waals surface area contributed by atoms with Crippen molar-refractivity contribution < 1.29 is 39.1 Å². The van der Waals surface area contributed by atoms with Gasteiger partial charge in [-0.05, 0) is 29.3 Å². The van der Waals surface area contributed by atoms with E-state index in [4.69, 9.17) is 11.6 Å². The number of hydrogen-bond acceptors (Lipinski definition) is 9. The number of carboxylic acid groups (broad SMARTS) is 1. The van der Waals surface area contributed by atoms with E-state index in [2.05, 4.69) is 5.32 Å². The van der Waals surface area contributed by atoms with Crippen molar-refractivity contribution in [2.75, 3.05) is 6.61 Å². The lowest BCUT2D eigenvalue weighted by atomic mass is 9.79. The molecule has 13 heteroatoms. The van der Waals surface area contributed by atoms with Gasteiger partial charge in [0.25, 0.3) is 5.69 Å². The summed E-state index contributed by atoms with van der Waals surface area (Å²) in [5.41, 5.74) is -1.47. The first kappa shape index (κ1) is 27.4. The molecular formula is C29H20ClN3O9. The van der Waals surface area contributed by atoms with Crippen LogP contribution >= 0.6 is 11.6 Å². The van der Waals surface area contributed by atoms with E-state index < -0.39 is 64.2 Å². The molecule has 0 bridgehead atoms. The zero-order valence-corrected chi connectivity index (χ0v) is 22.2. The van der Waals surface area contributed by atoms with E-state index in [-0.39, 0.29) is 45.2 Å². The number of amides is 2. The lowest BCUT2D eigenvalue weighted by molar-refractivity contribution is -0.384. The quantitative estimate of drug-likeness (QED) is 0.171. The molecule has 0 spiro atoms. The number of aliphatic hydroxyl groups excluding tert-OH is 1. The van der Waals surface area contributed by atoms with Crippen LogP contribution in [0.4, 0.5) is 5.69 Å². The first-order valence-electron chi connectivity index (χ1n) is 12.7. The number of aliphatic carboxylic acids is 1. The molecule has 2 heterocycles. The number of likely N-dealkylation sites (tertiary alicyclic amines) is 1. The predicted molar refractivity (Wildman–Crippen MR) is 144 cm³/mol. The number of imide groups is 1. The molecule has 4 unspecified atom stereocenters. The molecule has 0 saturated carbocycles. The molecule has 3 aliphatic rings. The second-order valence-corrected chi connectivity index (χ2v) is 10.8. The van der Waals surface area contributed by atoms with Gasteiger partial charge in [0.15, 0.2) is 17.1 Å². The maximum absolute atomic E-state index is 13.8. The standard InChI is InChI=1S/C29H20ClN3O9/c30-19-8-6-14(10-20(19)33(41)42)23-21-22(29(12-34,31-23)28(39)40)27(38)32(26(21)37)11-13-5-7-17-18(9-13)25(36)16-4-2-1-3-15(16)24(17)35/h1-10,21-23,31,34H,11-12H2,(H,39,40). The van der Waals surface area contributed by atoms with Gasteiger partial charge in [-0.3, -0.25) is 44.3 Å². The van der Waals surface area contributed by atoms with E-state index in [9.17, 15) is 44.3 Å². The Balaban J connectivity index is 1.38. The SMILES string of the molecule is O=C1c2ccccc2C(=O)c2cc(CN3C(=O)C4C(c5ccc(Cl)c([N+](=O)[O-])c5)NC(CO)(C(=O)O)C4C3=O)ccc21. The van der Waals surface area contributed by atoms with Crippen molar-refractivity contribution >= 4 is 46.6 Å². The largest absolute Gasteiger partial charge is 0.480 e. The summed E-state index contributed by atoms with van der Waals surface area (Å²) >= 11 is 5.94. The Hall–Kier alpha value is -4.78. The molecule has 1 aliphatic carbocycles. The Bertz CT molecular complexity index is 1770. The molecule has 2 amide bonds. The smallest absolute Gasteiger partial charge is 0.327 e. The van der Waals surface area contributed by atoms with Gasteiger partial charge in [-0.15, -0.1) is 0 Å². The van der Waals surface area contributed by atoms with Crippen LogP contribution in [0.2, 0.25) is 5.02 Å². The number of halogens is 1. The lowest BCUT2D eigenvalue weighted by Crippen LogP contribution is -2.58. The van der Waals surface area contributed by atoms with E-state index in [1.165, 1.54) is 36.4 Å². The van der Waals surface area contributed by atoms with Gasteiger partial charge in [-0.1, -0.05) is 48.0 Å². The molecular weight excluding hydrogens is 570 g/mol. The number of nitrogens with one attached hydrogen (secondary N) is 1. The molecule has 6 rings (SSSR count). The van der Waals surface area contributed by atoms with Gasteiger partial charge in [0.05, 0.1) is 29.9 Å². The third-order valence-corrected chi connectivity index (χ3v) is 8.55. The number of carboxylic acids is 1. The number of hydrogen-bond donors (Lipinski definition) is 3. The number of aliphatic hydroxyl groups is 1. The molecule has 3 aromatic carbocycles. The van der Waals surface area contributed by atoms with E-state index in [0.29, 0.717) is 5.56 Å². The highest BCUT2D eigenvalue weighted by Crippen LogP contribution is 2.49. The third kappa shape index (κ3) is 3.80. The van der Waals surface area contributed by atoms with Crippen LogP contribution in [0.5, 0.6) is 0 Å². The zero-order chi connectivity index (χ0) is 30.1. The Morgan fingerprint density at radius 1 is 0.952 bits per heavy atom. The highest BCUT2D eigenvalue weighted by molar-refractivity contribution is 6.32. The van der Waals surface area contributed by atoms with Crippen molar-refractivity contribution in [2.24, 2.45) is 11.8 Å². The minimum atomic E-state index is -2.26. The first-order chi connectivity index (χ1) is 20.0. The first-order valence-corrected chi connectivity index (χ1v) is 13.1. The summed E-state index contributed by atoms with van der Waals surface area (Å²) in [6, 6.07) is 13.3. The number of ketones is 2. The van der Waals surface area contributed by atoms with Crippen LogP contribution in [0.1, 0.15) is 49.0 Å². The van der Waals surface area contributed by atoms with Crippen molar-refractivity contribution in [3.63, 3.8) is 0 Å². The average Bonchev–Trinajstić information content (AvgIpc) is 3.46. The minimum absolute atomic E-state index is 0.110. The van der Waals surface area contributed by atoms with Crippen LogP contribution in [-0.2, 0) is 20.9 Å². The lowest BCUT2D eigenvalue weighted by Gasteiger charge is -2.29. The number of nitro groups is 1. The summed E-state index contributed by atoms with van der Waals surface area (Å²) < 4.78 is 0. The summed E-state index contributed by atoms with van der Waals surface area (Å²) in [7, 11) is 0. The monoisotopic (exact) mass is 589 g/mol. The van der Waals surface area contributed by atoms with Gasteiger partial charge >= 0.3 is 5.97 Å². The van der Waals surface area contributed by atoms with E-state index >= 15 is 0 Å². The van der Waals surface area contributed by atoms with Crippen LogP contribution in [0.3, 0.4) is 0 Å². The Morgan fingerprint density at radius 3 is 2.21 bits per heavy atom. The molecule has 2 aliphatic heterocycles. The highest BCUT2D eigenvalue weighted by Gasteiger charge is 2.68. The number of benzene rings is 3. The van der Waals surface area contributed by atoms with Crippen LogP contribution in [0.15, 0.2) is 60.7 Å². The maximum atomic E-state index is 13.8. The van der Waals surface area contributed by atoms with Gasteiger partial charge in [-0.25, -0.2) is 0 Å². The Labute approximate surface area is 241 Å². The molecule has 212 valence electrons. The van der Waals surface area contributed by atoms with E-state index in [1.807, 2.05) is 0 Å². The second-order valence-electron chi connectivity index (χ2n) is 10.4. The number of carbonyl (C=O) groups excluding carboxylic acids is 4. The molecule has 2 saturated heterocycles. The molecule has 3 N–H and O–H groups in total. The summed E-state index contributed by atoms with van der Waals surface area (Å²) in [6.45, 7) is -1.38. The van der Waals surface area contributed by atoms with Crippen LogP contribution < -0.4 is 5.32 Å². The van der Waals surface area contributed by atoms with Crippen LogP contribution in [0, 0.1) is 22.0 Å². The molecule has 12 nitrogen and oxygen atoms in total. The van der Waals surface area contributed by atoms with Gasteiger partial charge in [0.2, 0.25) is 11.8 Å². The van der Waals surface area contributed by atoms with Gasteiger partial charge < -0.3 is 10.2 Å². The summed E-state index contributed by atoms with van der Waals surface area (Å²) in [4.78, 5) is 77.7. The fourth-order valence-corrected chi connectivity index (χ4v) is 6.39. The van der Waals surface area contributed by atoms with Crippen molar-refractivity contribution in [3.05, 3.63) is 109 Å². The normalized spacial score (nSPS) is 24.4. The number of nitro benzene ring substituents is 1. The zero-order valence-electron chi connectivity index (χ0n) is 21.4. The Kier molecular flexibility index (Phi) is 6.30. The number of carbonyl (C=O) groups is 5. The average molecular weight is 590 g/mol. The van der Waals surface area contributed by atoms with Crippen molar-refractivity contribution in [3.8, 4) is 0 Å². The summed E-state index contributed by atoms with van der Waals surface area (Å²) in [5, 5.41) is 34.3. The molecule has 4 atom stereocenters. The maximum Gasteiger partial charge on any atom is 0.327 e. The van der Waals surface area contributed by atoms with E-state index in [0.717, 1.165) is 11.0 Å². The fraction of sp³-hybridized carbons (Fsp3) is 0.207. The number of nitrogens with zero attached hydrogens (tertiary/aromatic N) is 2. The van der Waals surface area contributed by atoms with Crippen molar-refractivity contribution in [2.45, 2.75) is 18.1 Å². The number of rotatable bonds is 6. The number of fused-ring (bicyclic) bond motifs is 3. The van der Waals surface area contributed by atoms with Crippen molar-refractivity contribution in [1.82, 2.24) is 10.2 Å². The summed E-state index contributed by atoms with van der Waals surface area (Å²) in [6.07, 6.45) is 0. The highest BCUT2D eigenvalue weighted by atomic mass is 35.5. The summed E-state index contributed by atoms with van der Waals surface area (Å²) in [5.74, 6) is -6.81. The van der Waals surface area contributed by atoms with Gasteiger partial charge in [0.1, 0.15) is 5.02 Å². The Morgan fingerprint density at radius 2 is 1.60 bits per heavy atom. The fourth-order valence-electron chi connectivity index (χ4n) is 6.21. The molecule has 3 aromatic rings. The molecule has 0 radical (unpaired) electrons. The van der Waals surface area contributed by atoms with Crippen molar-refractivity contribution in [1.29, 1.82) is 0 Å². The van der Waals surface area contributed by atoms with Crippen LogP contribution in [-0.4, -0.2) is 61.5 Å². The van der Waals surface area contributed by atoms with Gasteiger partial charge in [-0.2, -0.15) is 0 Å². The third-order valence-electron chi connectivity index (χ3n) is 8.23. The minimum Gasteiger partial charge on any atom is -0.480 e.